The van der Waals surface area contributed by atoms with E-state index in [2.05, 4.69) is 15.1 Å². The molecule has 0 saturated heterocycles. The number of anilines is 1. The predicted molar refractivity (Wildman–Crippen MR) is 70.2 cm³/mol. The third-order valence-corrected chi connectivity index (χ3v) is 2.71. The van der Waals surface area contributed by atoms with E-state index in [1.54, 1.807) is 30.7 Å². The van der Waals surface area contributed by atoms with Crippen LogP contribution < -0.4 is 11.2 Å². The molecule has 3 rings (SSSR count). The van der Waals surface area contributed by atoms with Crippen LogP contribution in [0.2, 0.25) is 0 Å². The fourth-order valence-corrected chi connectivity index (χ4v) is 1.84. The first-order valence-corrected chi connectivity index (χ1v) is 5.61. The van der Waals surface area contributed by atoms with E-state index in [0.29, 0.717) is 22.6 Å². The van der Waals surface area contributed by atoms with Gasteiger partial charge in [0.25, 0.3) is 0 Å². The first-order valence-electron chi connectivity index (χ1n) is 5.61. The van der Waals surface area contributed by atoms with Gasteiger partial charge < -0.3 is 15.2 Å². The van der Waals surface area contributed by atoms with Gasteiger partial charge in [-0.2, -0.15) is 0 Å². The standard InChI is InChI=1S/C13H10N4O2/c14-13-11(9-3-1-2-5-16-9)12(19-17-13)8-7-15-6-4-10(8)18/h1-7H,(H2,14,17)(H,15,18). The van der Waals surface area contributed by atoms with Gasteiger partial charge in [-0.1, -0.05) is 11.2 Å². The number of nitrogens with one attached hydrogen (secondary N) is 1. The van der Waals surface area contributed by atoms with Crippen molar-refractivity contribution in [1.29, 1.82) is 0 Å². The smallest absolute Gasteiger partial charge is 0.192 e. The molecule has 0 spiro atoms. The second kappa shape index (κ2) is 4.41. The van der Waals surface area contributed by atoms with Crippen LogP contribution in [0.4, 0.5) is 5.82 Å². The van der Waals surface area contributed by atoms with E-state index < -0.39 is 0 Å². The number of hydrogen-bond acceptors (Lipinski definition) is 5. The van der Waals surface area contributed by atoms with Crippen molar-refractivity contribution in [3.8, 4) is 22.6 Å². The lowest BCUT2D eigenvalue weighted by atomic mass is 10.1. The SMILES string of the molecule is Nc1noc(-c2c[nH]ccc2=O)c1-c1ccccn1. The van der Waals surface area contributed by atoms with E-state index in [1.807, 2.05) is 6.07 Å². The molecule has 0 aliphatic heterocycles. The van der Waals surface area contributed by atoms with Gasteiger partial charge in [-0.25, -0.2) is 0 Å². The van der Waals surface area contributed by atoms with Gasteiger partial charge in [-0.05, 0) is 12.1 Å². The van der Waals surface area contributed by atoms with Gasteiger partial charge in [0.15, 0.2) is 17.0 Å². The Labute approximate surface area is 107 Å². The summed E-state index contributed by atoms with van der Waals surface area (Å²) in [5, 5.41) is 3.72. The van der Waals surface area contributed by atoms with E-state index in [9.17, 15) is 4.79 Å². The quantitative estimate of drug-likeness (QED) is 0.725. The Morgan fingerprint density at radius 3 is 2.89 bits per heavy atom. The number of nitrogens with two attached hydrogens (primary N) is 1. The number of H-pyrrole nitrogens is 1. The minimum absolute atomic E-state index is 0.174. The van der Waals surface area contributed by atoms with Crippen molar-refractivity contribution in [2.45, 2.75) is 0 Å². The third-order valence-electron chi connectivity index (χ3n) is 2.71. The van der Waals surface area contributed by atoms with Crippen LogP contribution in [0.15, 0.2) is 52.2 Å². The first kappa shape index (κ1) is 11.2. The van der Waals surface area contributed by atoms with Crippen LogP contribution in [0, 0.1) is 0 Å². The van der Waals surface area contributed by atoms with E-state index in [0.717, 1.165) is 0 Å². The Bertz CT molecular complexity index is 762. The summed E-state index contributed by atoms with van der Waals surface area (Å²) in [6.07, 6.45) is 4.74. The molecule has 3 heterocycles. The average molecular weight is 254 g/mol. The van der Waals surface area contributed by atoms with Crippen LogP contribution in [0.5, 0.6) is 0 Å². The molecule has 0 bridgehead atoms. The Morgan fingerprint density at radius 2 is 2.16 bits per heavy atom. The number of aromatic amines is 1. The van der Waals surface area contributed by atoms with Crippen LogP contribution in [0.3, 0.4) is 0 Å². The van der Waals surface area contributed by atoms with Crippen molar-refractivity contribution in [1.82, 2.24) is 15.1 Å². The highest BCUT2D eigenvalue weighted by Gasteiger charge is 2.20. The van der Waals surface area contributed by atoms with E-state index in [1.165, 1.54) is 6.07 Å². The Morgan fingerprint density at radius 1 is 1.26 bits per heavy atom. The molecule has 0 atom stereocenters. The lowest BCUT2D eigenvalue weighted by Gasteiger charge is -2.00. The molecule has 0 aliphatic carbocycles. The van der Waals surface area contributed by atoms with Crippen molar-refractivity contribution in [3.63, 3.8) is 0 Å². The number of pyridine rings is 2. The number of rotatable bonds is 2. The minimum atomic E-state index is -0.174. The maximum absolute atomic E-state index is 11.8. The fraction of sp³-hybridized carbons (Fsp3) is 0. The molecule has 0 aromatic carbocycles. The molecule has 0 amide bonds. The zero-order chi connectivity index (χ0) is 13.2. The maximum atomic E-state index is 11.8. The van der Waals surface area contributed by atoms with E-state index in [4.69, 9.17) is 10.3 Å². The summed E-state index contributed by atoms with van der Waals surface area (Å²) in [5.74, 6) is 0.523. The zero-order valence-corrected chi connectivity index (χ0v) is 9.83. The monoisotopic (exact) mass is 254 g/mol. The average Bonchev–Trinajstić information content (AvgIpc) is 2.82. The highest BCUT2D eigenvalue weighted by Crippen LogP contribution is 2.33. The van der Waals surface area contributed by atoms with Gasteiger partial charge >= 0.3 is 0 Å². The molecule has 3 aromatic heterocycles. The maximum Gasteiger partial charge on any atom is 0.192 e. The lowest BCUT2D eigenvalue weighted by molar-refractivity contribution is 0.435. The number of aromatic nitrogens is 3. The molecule has 3 N–H and O–H groups in total. The minimum Gasteiger partial charge on any atom is -0.380 e. The van der Waals surface area contributed by atoms with Crippen molar-refractivity contribution < 1.29 is 4.52 Å². The summed E-state index contributed by atoms with van der Waals surface area (Å²) in [5.41, 5.74) is 7.13. The number of nitrogen functional groups attached to an aromatic ring is 1. The molecule has 0 aliphatic rings. The van der Waals surface area contributed by atoms with Crippen molar-refractivity contribution in [2.24, 2.45) is 0 Å². The largest absolute Gasteiger partial charge is 0.380 e. The topological polar surface area (TPSA) is 97.8 Å². The summed E-state index contributed by atoms with van der Waals surface area (Å²) in [6, 6.07) is 6.82. The molecule has 6 nitrogen and oxygen atoms in total. The van der Waals surface area contributed by atoms with Crippen LogP contribution in [-0.2, 0) is 0 Å². The van der Waals surface area contributed by atoms with Gasteiger partial charge in [0.05, 0.1) is 16.8 Å². The summed E-state index contributed by atoms with van der Waals surface area (Å²) in [6.45, 7) is 0. The van der Waals surface area contributed by atoms with Crippen molar-refractivity contribution in [2.75, 3.05) is 5.73 Å². The highest BCUT2D eigenvalue weighted by molar-refractivity contribution is 5.84. The molecule has 0 saturated carbocycles. The molecule has 6 heteroatoms. The van der Waals surface area contributed by atoms with Crippen LogP contribution >= 0.6 is 0 Å². The second-order valence-corrected chi connectivity index (χ2v) is 3.91. The Kier molecular flexibility index (Phi) is 2.60. The lowest BCUT2D eigenvalue weighted by Crippen LogP contribution is -2.03. The Hall–Kier alpha value is -2.89. The summed E-state index contributed by atoms with van der Waals surface area (Å²) >= 11 is 0. The summed E-state index contributed by atoms with van der Waals surface area (Å²) in [7, 11) is 0. The van der Waals surface area contributed by atoms with E-state index in [-0.39, 0.29) is 11.2 Å². The molecule has 19 heavy (non-hydrogen) atoms. The van der Waals surface area contributed by atoms with Crippen molar-refractivity contribution in [3.05, 3.63) is 53.1 Å². The molecular formula is C13H10N4O2. The van der Waals surface area contributed by atoms with Gasteiger partial charge in [0, 0.05) is 24.7 Å². The highest BCUT2D eigenvalue weighted by atomic mass is 16.5. The number of nitrogens with zero attached hydrogens (tertiary/aromatic N) is 2. The summed E-state index contributed by atoms with van der Waals surface area (Å²) < 4.78 is 5.18. The normalized spacial score (nSPS) is 10.5. The van der Waals surface area contributed by atoms with Crippen LogP contribution in [0.25, 0.3) is 22.6 Å². The van der Waals surface area contributed by atoms with Crippen LogP contribution in [-0.4, -0.2) is 15.1 Å². The molecule has 94 valence electrons. The van der Waals surface area contributed by atoms with Gasteiger partial charge in [0.1, 0.15) is 0 Å². The second-order valence-electron chi connectivity index (χ2n) is 3.91. The number of hydrogen-bond donors (Lipinski definition) is 2. The zero-order valence-electron chi connectivity index (χ0n) is 9.83. The molecule has 0 unspecified atom stereocenters. The molecule has 0 radical (unpaired) electrons. The van der Waals surface area contributed by atoms with Gasteiger partial charge in [-0.15, -0.1) is 0 Å². The summed E-state index contributed by atoms with van der Waals surface area (Å²) in [4.78, 5) is 18.9. The first-order chi connectivity index (χ1) is 9.27. The van der Waals surface area contributed by atoms with E-state index >= 15 is 0 Å². The Balaban J connectivity index is 2.26. The third kappa shape index (κ3) is 1.89. The molecule has 0 fully saturated rings. The van der Waals surface area contributed by atoms with Gasteiger partial charge in [0.2, 0.25) is 0 Å². The predicted octanol–water partition coefficient (Wildman–Crippen LogP) is 1.67. The van der Waals surface area contributed by atoms with Crippen molar-refractivity contribution >= 4 is 5.82 Å². The van der Waals surface area contributed by atoms with Gasteiger partial charge in [-0.3, -0.25) is 9.78 Å². The molecule has 3 aromatic rings. The molecular weight excluding hydrogens is 244 g/mol. The fourth-order valence-electron chi connectivity index (χ4n) is 1.84. The van der Waals surface area contributed by atoms with Crippen LogP contribution in [0.1, 0.15) is 0 Å².